The highest BCUT2D eigenvalue weighted by Crippen LogP contribution is 2.47. The molecule has 2 heterocycles. The lowest BCUT2D eigenvalue weighted by molar-refractivity contribution is -0.137. The Morgan fingerprint density at radius 1 is 1.00 bits per heavy atom. The Kier molecular flexibility index (Phi) is 7.81. The number of rotatable bonds is 6. The zero-order valence-corrected chi connectivity index (χ0v) is 21.6. The molecule has 0 aliphatic carbocycles. The molecule has 3 aromatic rings. The van der Waals surface area contributed by atoms with Gasteiger partial charge < -0.3 is 5.32 Å². The third-order valence-corrected chi connectivity index (χ3v) is 7.54. The van der Waals surface area contributed by atoms with E-state index in [9.17, 15) is 14.4 Å². The van der Waals surface area contributed by atoms with Crippen LogP contribution in [0.25, 0.3) is 6.08 Å². The lowest BCUT2D eigenvalue weighted by Crippen LogP contribution is -2.48. The van der Waals surface area contributed by atoms with Crippen molar-refractivity contribution >= 4 is 67.4 Å². The average molecular weight is 602 g/mol. The monoisotopic (exact) mass is 600 g/mol. The van der Waals surface area contributed by atoms with Gasteiger partial charge in [0.25, 0.3) is 17.7 Å². The highest BCUT2D eigenvalue weighted by atomic mass is 79.9. The molecule has 0 bridgehead atoms. The normalized spacial score (nSPS) is 16.5. The highest BCUT2D eigenvalue weighted by molar-refractivity contribution is 9.10. The number of amides is 3. The molecule has 1 unspecified atom stereocenters. The Balaban J connectivity index is 1.54. The minimum atomic E-state index is -0.518. The molecule has 1 atom stereocenters. The lowest BCUT2D eigenvalue weighted by atomic mass is 10.2. The van der Waals surface area contributed by atoms with Crippen LogP contribution in [0.4, 0.5) is 0 Å². The summed E-state index contributed by atoms with van der Waals surface area (Å²) < 4.78 is 1.67. The Morgan fingerprint density at radius 2 is 1.68 bits per heavy atom. The number of halogens is 2. The van der Waals surface area contributed by atoms with E-state index >= 15 is 0 Å². The van der Waals surface area contributed by atoms with Crippen LogP contribution in [0.2, 0.25) is 0 Å². The molecule has 34 heavy (non-hydrogen) atoms. The van der Waals surface area contributed by atoms with Crippen LogP contribution >= 0.6 is 43.6 Å². The van der Waals surface area contributed by atoms with E-state index in [0.717, 1.165) is 20.1 Å². The van der Waals surface area contributed by atoms with Crippen LogP contribution in [0.3, 0.4) is 0 Å². The van der Waals surface area contributed by atoms with E-state index in [1.165, 1.54) is 29.2 Å². The maximum absolute atomic E-state index is 13.3. The van der Waals surface area contributed by atoms with Gasteiger partial charge in [0.05, 0.1) is 11.4 Å². The fraction of sp³-hybridized carbons (Fsp3) is 0.0833. The molecule has 1 saturated heterocycles. The number of nitrogens with zero attached hydrogens (tertiary/aromatic N) is 2. The third kappa shape index (κ3) is 5.57. The van der Waals surface area contributed by atoms with Crippen molar-refractivity contribution in [3.8, 4) is 0 Å². The summed E-state index contributed by atoms with van der Waals surface area (Å²) in [6, 6.07) is 18.2. The molecule has 1 aliphatic heterocycles. The van der Waals surface area contributed by atoms with Crippen molar-refractivity contribution in [3.05, 3.63) is 104 Å². The minimum Gasteiger partial charge on any atom is -0.343 e. The topological polar surface area (TPSA) is 91.4 Å². The molecule has 10 heteroatoms. The van der Waals surface area contributed by atoms with E-state index in [2.05, 4.69) is 47.6 Å². The molecule has 172 valence electrons. The predicted molar refractivity (Wildman–Crippen MR) is 138 cm³/mol. The molecule has 1 fully saturated rings. The first-order chi connectivity index (χ1) is 16.4. The van der Waals surface area contributed by atoms with Crippen LogP contribution in [-0.2, 0) is 9.59 Å². The molecule has 3 amide bonds. The zero-order valence-electron chi connectivity index (χ0n) is 17.6. The summed E-state index contributed by atoms with van der Waals surface area (Å²) in [6.07, 6.45) is 4.78. The quantitative estimate of drug-likeness (QED) is 0.400. The first-order valence-corrected chi connectivity index (χ1v) is 12.6. The van der Waals surface area contributed by atoms with Crippen LogP contribution < -0.4 is 10.7 Å². The molecule has 1 aliphatic rings. The third-order valence-electron chi connectivity index (χ3n) is 4.86. The Hall–Kier alpha value is -2.95. The van der Waals surface area contributed by atoms with Crippen molar-refractivity contribution in [2.24, 2.45) is 0 Å². The maximum Gasteiger partial charge on any atom is 0.280 e. The molecule has 0 saturated carbocycles. The number of hydrogen-bond acceptors (Lipinski definition) is 5. The number of hydrazine groups is 1. The molecule has 2 N–H and O–H groups in total. The molecule has 4 rings (SSSR count). The van der Waals surface area contributed by atoms with Gasteiger partial charge in [-0.15, -0.1) is 0 Å². The smallest absolute Gasteiger partial charge is 0.280 e. The van der Waals surface area contributed by atoms with Gasteiger partial charge in [0, 0.05) is 32.5 Å². The predicted octanol–water partition coefficient (Wildman–Crippen LogP) is 4.68. The zero-order chi connectivity index (χ0) is 24.1. The van der Waals surface area contributed by atoms with E-state index in [4.69, 9.17) is 0 Å². The van der Waals surface area contributed by atoms with E-state index in [1.54, 1.807) is 18.2 Å². The van der Waals surface area contributed by atoms with Crippen molar-refractivity contribution < 1.29 is 14.4 Å². The van der Waals surface area contributed by atoms with Gasteiger partial charge in [-0.05, 0) is 35.9 Å². The second-order valence-electron chi connectivity index (χ2n) is 7.15. The van der Waals surface area contributed by atoms with Crippen LogP contribution in [0.5, 0.6) is 0 Å². The van der Waals surface area contributed by atoms with Crippen LogP contribution in [0, 0.1) is 0 Å². The fourth-order valence-electron chi connectivity index (χ4n) is 3.20. The summed E-state index contributed by atoms with van der Waals surface area (Å²) in [5.74, 6) is -1.26. The van der Waals surface area contributed by atoms with Gasteiger partial charge in [-0.2, -0.15) is 0 Å². The second kappa shape index (κ2) is 11.0. The number of nitrogens with one attached hydrogen (secondary N) is 2. The number of aromatic nitrogens is 1. The summed E-state index contributed by atoms with van der Waals surface area (Å²) >= 11 is 8.38. The summed E-state index contributed by atoms with van der Waals surface area (Å²) in [5.41, 5.74) is 4.73. The van der Waals surface area contributed by atoms with Gasteiger partial charge in [0.1, 0.15) is 5.37 Å². The molecular weight excluding hydrogens is 584 g/mol. The summed E-state index contributed by atoms with van der Waals surface area (Å²) in [7, 11) is 0. The SMILES string of the molecule is O=C(CNC(=O)c1ccncc1)NN1C(=O)/C(=C/c2ccccc2Br)SC1c1ccccc1Br. The van der Waals surface area contributed by atoms with Gasteiger partial charge in [-0.3, -0.25) is 24.8 Å². The van der Waals surface area contributed by atoms with Gasteiger partial charge >= 0.3 is 0 Å². The van der Waals surface area contributed by atoms with E-state index in [1.807, 2.05) is 48.5 Å². The number of thioether (sulfide) groups is 1. The number of carbonyl (C=O) groups is 3. The molecular formula is C24H18Br2N4O3S. The number of hydrogen-bond donors (Lipinski definition) is 2. The highest BCUT2D eigenvalue weighted by Gasteiger charge is 2.39. The molecule has 1 aromatic heterocycles. The minimum absolute atomic E-state index is 0.290. The first kappa shape index (κ1) is 24.2. The Labute approximate surface area is 217 Å². The van der Waals surface area contributed by atoms with E-state index in [0.29, 0.717) is 10.5 Å². The standard InChI is InChI=1S/C24H18Br2N4O3S/c25-18-7-3-1-5-16(18)13-20-23(33)30(24(34-20)17-6-2-4-8-19(17)26)29-21(31)14-28-22(32)15-9-11-27-12-10-15/h1-13,24H,14H2,(H,28,32)(H,29,31)/b20-13-. The Bertz CT molecular complexity index is 1270. The second-order valence-corrected chi connectivity index (χ2v) is 9.98. The van der Waals surface area contributed by atoms with Gasteiger partial charge in [-0.1, -0.05) is 80.0 Å². The van der Waals surface area contributed by atoms with Crippen LogP contribution in [0.1, 0.15) is 26.9 Å². The molecule has 0 spiro atoms. The first-order valence-electron chi connectivity index (χ1n) is 10.1. The van der Waals surface area contributed by atoms with Gasteiger partial charge in [0.2, 0.25) is 0 Å². The molecule has 7 nitrogen and oxygen atoms in total. The van der Waals surface area contributed by atoms with Crippen LogP contribution in [0.15, 0.2) is 86.9 Å². The van der Waals surface area contributed by atoms with E-state index < -0.39 is 17.2 Å². The van der Waals surface area contributed by atoms with Crippen molar-refractivity contribution in [2.75, 3.05) is 6.54 Å². The number of benzene rings is 2. The number of pyridine rings is 1. The average Bonchev–Trinajstić information content (AvgIpc) is 3.14. The fourth-order valence-corrected chi connectivity index (χ4v) is 5.48. The van der Waals surface area contributed by atoms with Gasteiger partial charge in [0.15, 0.2) is 0 Å². The summed E-state index contributed by atoms with van der Waals surface area (Å²) in [6.45, 7) is -0.290. The van der Waals surface area contributed by atoms with Crippen molar-refractivity contribution in [1.82, 2.24) is 20.7 Å². The largest absolute Gasteiger partial charge is 0.343 e. The van der Waals surface area contributed by atoms with Crippen molar-refractivity contribution in [2.45, 2.75) is 5.37 Å². The van der Waals surface area contributed by atoms with Crippen LogP contribution in [-0.4, -0.2) is 34.3 Å². The molecule has 2 aromatic carbocycles. The number of carbonyl (C=O) groups excluding carboxylic acids is 3. The maximum atomic E-state index is 13.3. The van der Waals surface area contributed by atoms with E-state index in [-0.39, 0.29) is 12.5 Å². The van der Waals surface area contributed by atoms with Crippen molar-refractivity contribution in [3.63, 3.8) is 0 Å². The van der Waals surface area contributed by atoms with Gasteiger partial charge in [-0.25, -0.2) is 5.01 Å². The van der Waals surface area contributed by atoms with Crippen molar-refractivity contribution in [1.29, 1.82) is 0 Å². The summed E-state index contributed by atoms with van der Waals surface area (Å²) in [5, 5.41) is 3.37. The summed E-state index contributed by atoms with van der Waals surface area (Å²) in [4.78, 5) is 42.6. The lowest BCUT2D eigenvalue weighted by Gasteiger charge is -2.24. The molecule has 0 radical (unpaired) electrons. The Morgan fingerprint density at radius 3 is 2.38 bits per heavy atom.